The van der Waals surface area contributed by atoms with E-state index in [0.717, 1.165) is 6.08 Å². The summed E-state index contributed by atoms with van der Waals surface area (Å²) in [5.41, 5.74) is -1.76. The van der Waals surface area contributed by atoms with Gasteiger partial charge in [-0.2, -0.15) is 35.3 Å². The molecule has 45 heavy (non-hydrogen) atoms. The average molecular weight is 701 g/mol. The van der Waals surface area contributed by atoms with Crippen LogP contribution in [0.5, 0.6) is 0 Å². The summed E-state index contributed by atoms with van der Waals surface area (Å²) >= 11 is 4.30. The minimum Gasteiger partial charge on any atom is -0.465 e. The van der Waals surface area contributed by atoms with Gasteiger partial charge in [-0.25, -0.2) is 4.79 Å². The predicted octanol–water partition coefficient (Wildman–Crippen LogP) is 2.50. The Morgan fingerprint density at radius 1 is 0.578 bits per heavy atom. The number of aliphatic hydroxyl groups excluding tert-OH is 3. The molecule has 0 heterocycles. The average Bonchev–Trinajstić information content (AvgIpc) is 3.05. The van der Waals surface area contributed by atoms with E-state index in [0.29, 0.717) is 47.4 Å². The van der Waals surface area contributed by atoms with Crippen molar-refractivity contribution in [3.63, 3.8) is 0 Å². The zero-order valence-corrected chi connectivity index (χ0v) is 29.1. The van der Waals surface area contributed by atoms with Gasteiger partial charge in [0.05, 0.1) is 63.1 Å². The number of hydrogen-bond donors (Lipinski definition) is 3. The third-order valence-electron chi connectivity index (χ3n) is 6.68. The number of aliphatic hydroxyl groups is 3. The van der Waals surface area contributed by atoms with Gasteiger partial charge in [0.2, 0.25) is 0 Å². The SMILES string of the molecule is C=CC(=O)OCC(CC)(COCC(CC)(COC(=O)CCSCCO)COC(=O)CCSCCO)COC(=O)CCSCCO. The van der Waals surface area contributed by atoms with Crippen LogP contribution in [0.4, 0.5) is 0 Å². The molecule has 0 aliphatic rings. The van der Waals surface area contributed by atoms with Crippen molar-refractivity contribution in [2.45, 2.75) is 46.0 Å². The molecule has 0 amide bonds. The normalized spacial score (nSPS) is 12.6. The summed E-state index contributed by atoms with van der Waals surface area (Å²) in [5.74, 6) is 1.15. The molecule has 0 aromatic heterocycles. The van der Waals surface area contributed by atoms with Gasteiger partial charge >= 0.3 is 23.9 Å². The summed E-state index contributed by atoms with van der Waals surface area (Å²) in [7, 11) is 0. The first-order valence-electron chi connectivity index (χ1n) is 15.0. The Balaban J connectivity index is 5.57. The number of carbonyl (C=O) groups is 4. The number of rotatable bonds is 30. The number of hydrogen-bond acceptors (Lipinski definition) is 15. The highest BCUT2D eigenvalue weighted by Gasteiger charge is 2.37. The lowest BCUT2D eigenvalue weighted by atomic mass is 9.86. The fraction of sp³-hybridized carbons (Fsp3) is 0.800. The number of ether oxygens (including phenoxy) is 5. The van der Waals surface area contributed by atoms with Gasteiger partial charge in [-0.1, -0.05) is 20.4 Å². The summed E-state index contributed by atoms with van der Waals surface area (Å²) in [6.45, 7) is 6.98. The van der Waals surface area contributed by atoms with Gasteiger partial charge in [0.15, 0.2) is 0 Å². The van der Waals surface area contributed by atoms with E-state index in [4.69, 9.17) is 39.0 Å². The van der Waals surface area contributed by atoms with Gasteiger partial charge in [0.25, 0.3) is 0 Å². The third kappa shape index (κ3) is 21.8. The molecule has 0 spiro atoms. The van der Waals surface area contributed by atoms with E-state index >= 15 is 0 Å². The van der Waals surface area contributed by atoms with Crippen LogP contribution in [0.1, 0.15) is 46.0 Å². The fourth-order valence-electron chi connectivity index (χ4n) is 3.51. The van der Waals surface area contributed by atoms with Crippen molar-refractivity contribution >= 4 is 59.2 Å². The molecule has 0 rings (SSSR count). The molecule has 1 unspecified atom stereocenters. The Hall–Kier alpha value is -1.49. The van der Waals surface area contributed by atoms with Gasteiger partial charge in [-0.05, 0) is 12.8 Å². The van der Waals surface area contributed by atoms with Crippen molar-refractivity contribution in [2.24, 2.45) is 10.8 Å². The lowest BCUT2D eigenvalue weighted by Gasteiger charge is -2.35. The maximum atomic E-state index is 12.4. The largest absolute Gasteiger partial charge is 0.465 e. The second-order valence-electron chi connectivity index (χ2n) is 10.3. The van der Waals surface area contributed by atoms with Crippen LogP contribution in [0.25, 0.3) is 0 Å². The molecule has 0 radical (unpaired) electrons. The molecule has 0 aliphatic carbocycles. The molecule has 1 atom stereocenters. The monoisotopic (exact) mass is 700 g/mol. The van der Waals surface area contributed by atoms with Crippen molar-refractivity contribution in [1.29, 1.82) is 0 Å². The van der Waals surface area contributed by atoms with Crippen molar-refractivity contribution in [1.82, 2.24) is 0 Å². The smallest absolute Gasteiger partial charge is 0.330 e. The quantitative estimate of drug-likeness (QED) is 0.0431. The minimum absolute atomic E-state index is 0.0226. The van der Waals surface area contributed by atoms with Gasteiger partial charge in [0.1, 0.15) is 26.4 Å². The molecule has 0 saturated carbocycles. The Bertz CT molecular complexity index is 817. The van der Waals surface area contributed by atoms with Crippen molar-refractivity contribution in [3.8, 4) is 0 Å². The van der Waals surface area contributed by atoms with E-state index in [1.54, 1.807) is 0 Å². The van der Waals surface area contributed by atoms with Crippen LogP contribution in [0.2, 0.25) is 0 Å². The highest BCUT2D eigenvalue weighted by molar-refractivity contribution is 7.99. The van der Waals surface area contributed by atoms with E-state index in [1.807, 2.05) is 13.8 Å². The first kappa shape index (κ1) is 43.5. The van der Waals surface area contributed by atoms with E-state index in [1.165, 1.54) is 35.3 Å². The van der Waals surface area contributed by atoms with Crippen LogP contribution in [-0.4, -0.2) is 133 Å². The van der Waals surface area contributed by atoms with Crippen LogP contribution in [0, 0.1) is 10.8 Å². The summed E-state index contributed by atoms with van der Waals surface area (Å²) in [6, 6.07) is 0. The first-order chi connectivity index (χ1) is 21.6. The Morgan fingerprint density at radius 2 is 0.911 bits per heavy atom. The first-order valence-corrected chi connectivity index (χ1v) is 18.5. The predicted molar refractivity (Wildman–Crippen MR) is 177 cm³/mol. The topological polar surface area (TPSA) is 175 Å². The molecule has 0 bridgehead atoms. The van der Waals surface area contributed by atoms with Crippen LogP contribution in [0.15, 0.2) is 12.7 Å². The molecule has 12 nitrogen and oxygen atoms in total. The van der Waals surface area contributed by atoms with Gasteiger partial charge in [-0.15, -0.1) is 0 Å². The summed E-state index contributed by atoms with van der Waals surface area (Å²) in [5, 5.41) is 26.8. The lowest BCUT2D eigenvalue weighted by molar-refractivity contribution is -0.161. The molecule has 15 heteroatoms. The highest BCUT2D eigenvalue weighted by atomic mass is 32.2. The van der Waals surface area contributed by atoms with Gasteiger partial charge in [0, 0.05) is 40.6 Å². The molecule has 262 valence electrons. The maximum absolute atomic E-state index is 12.4. The molecule has 0 saturated heterocycles. The summed E-state index contributed by atoms with van der Waals surface area (Å²) < 4.78 is 28.2. The maximum Gasteiger partial charge on any atom is 0.330 e. The Morgan fingerprint density at radius 3 is 1.20 bits per heavy atom. The van der Waals surface area contributed by atoms with Crippen molar-refractivity contribution in [3.05, 3.63) is 12.7 Å². The molecular weight excluding hydrogens is 649 g/mol. The van der Waals surface area contributed by atoms with Crippen LogP contribution >= 0.6 is 35.3 Å². The Labute approximate surface area is 280 Å². The molecule has 0 aromatic carbocycles. The molecular formula is C30H52O12S3. The van der Waals surface area contributed by atoms with Crippen molar-refractivity contribution < 1.29 is 58.2 Å². The zero-order chi connectivity index (χ0) is 33.8. The summed E-state index contributed by atoms with van der Waals surface area (Å²) in [6.07, 6.45) is 2.39. The van der Waals surface area contributed by atoms with E-state index in [9.17, 15) is 19.2 Å². The molecule has 0 aromatic rings. The van der Waals surface area contributed by atoms with Crippen LogP contribution < -0.4 is 0 Å². The lowest BCUT2D eigenvalue weighted by Crippen LogP contribution is -2.42. The minimum atomic E-state index is -0.882. The third-order valence-corrected chi connectivity index (χ3v) is 9.57. The summed E-state index contributed by atoms with van der Waals surface area (Å²) in [4.78, 5) is 49.1. The van der Waals surface area contributed by atoms with Gasteiger partial charge in [-0.3, -0.25) is 14.4 Å². The zero-order valence-electron chi connectivity index (χ0n) is 26.7. The second kappa shape index (κ2) is 27.6. The highest BCUT2D eigenvalue weighted by Crippen LogP contribution is 2.29. The van der Waals surface area contributed by atoms with Crippen LogP contribution in [-0.2, 0) is 42.9 Å². The Kier molecular flexibility index (Phi) is 26.7. The number of carbonyl (C=O) groups excluding carboxylic acids is 4. The van der Waals surface area contributed by atoms with Crippen LogP contribution in [0.3, 0.4) is 0 Å². The van der Waals surface area contributed by atoms with E-state index < -0.39 is 34.7 Å². The second-order valence-corrected chi connectivity index (χ2v) is 13.9. The fourth-order valence-corrected chi connectivity index (χ4v) is 5.45. The van der Waals surface area contributed by atoms with E-state index in [2.05, 4.69) is 6.58 Å². The van der Waals surface area contributed by atoms with E-state index in [-0.39, 0.29) is 78.7 Å². The standard InChI is InChI=1S/C30H52O12S3/c1-4-25(34)39-21-29(5-2,22-40-26(35)7-13-43-16-10-31)19-38-20-30(6-3,23-41-27(36)8-14-44-17-11-32)24-42-28(37)9-15-45-18-12-33/h4,31-33H,1,5-24H2,2-3H3. The molecule has 0 aliphatic heterocycles. The number of esters is 4. The molecule has 0 fully saturated rings. The van der Waals surface area contributed by atoms with Crippen molar-refractivity contribution in [2.75, 3.05) is 94.0 Å². The van der Waals surface area contributed by atoms with Gasteiger partial charge < -0.3 is 39.0 Å². The number of thioether (sulfide) groups is 3. The molecule has 3 N–H and O–H groups in total.